The van der Waals surface area contributed by atoms with Crippen LogP contribution in [-0.2, 0) is 10.0 Å². The maximum absolute atomic E-state index is 14.4. The van der Waals surface area contributed by atoms with E-state index in [0.29, 0.717) is 10.8 Å². The van der Waals surface area contributed by atoms with Crippen molar-refractivity contribution in [3.63, 3.8) is 0 Å². The predicted octanol–water partition coefficient (Wildman–Crippen LogP) is 3.88. The first-order valence-electron chi connectivity index (χ1n) is 9.33. The highest BCUT2D eigenvalue weighted by molar-refractivity contribution is 7.89. The Morgan fingerprint density at radius 1 is 1.23 bits per heavy atom. The number of methoxy groups -OCH3 is 1. The zero-order valence-electron chi connectivity index (χ0n) is 16.8. The van der Waals surface area contributed by atoms with Gasteiger partial charge in [-0.3, -0.25) is 4.79 Å². The molecule has 1 aliphatic heterocycles. The second kappa shape index (κ2) is 9.50. The molecule has 0 radical (unpaired) electrons. The third kappa shape index (κ3) is 5.72. The highest BCUT2D eigenvalue weighted by Gasteiger charge is 2.27. The summed E-state index contributed by atoms with van der Waals surface area (Å²) in [5.41, 5.74) is 0.431. The van der Waals surface area contributed by atoms with E-state index in [-0.39, 0.29) is 23.4 Å². The Hall–Kier alpha value is -2.23. The molecule has 3 rings (SSSR count). The van der Waals surface area contributed by atoms with Gasteiger partial charge in [-0.05, 0) is 37.1 Å². The molecule has 0 aliphatic carbocycles. The van der Waals surface area contributed by atoms with E-state index in [0.717, 1.165) is 43.5 Å². The summed E-state index contributed by atoms with van der Waals surface area (Å²) in [6, 6.07) is 7.55. The Balaban J connectivity index is 1.72. The predicted molar refractivity (Wildman–Crippen MR) is 118 cm³/mol. The van der Waals surface area contributed by atoms with Gasteiger partial charge in [-0.2, -0.15) is 0 Å². The molecule has 1 amide bonds. The number of carbonyl (C=O) groups excluding carboxylic acids is 1. The van der Waals surface area contributed by atoms with E-state index in [1.807, 2.05) is 12.1 Å². The van der Waals surface area contributed by atoms with Crippen LogP contribution >= 0.6 is 23.2 Å². The Morgan fingerprint density at radius 3 is 2.58 bits per heavy atom. The van der Waals surface area contributed by atoms with Gasteiger partial charge in [-0.15, -0.1) is 0 Å². The Morgan fingerprint density at radius 2 is 1.94 bits per heavy atom. The molecule has 0 spiro atoms. The fourth-order valence-corrected chi connectivity index (χ4v) is 4.32. The van der Waals surface area contributed by atoms with Crippen molar-refractivity contribution in [2.45, 2.75) is 18.9 Å². The average Bonchev–Trinajstić information content (AvgIpc) is 3.15. The monoisotopic (exact) mass is 490 g/mol. The van der Waals surface area contributed by atoms with Gasteiger partial charge in [-0.1, -0.05) is 23.2 Å². The summed E-state index contributed by atoms with van der Waals surface area (Å²) in [6.07, 6.45) is 2.61. The SMILES string of the molecule is COc1ccc(N2CCC[C@@H]2COc2cc(F)c(C(=O)NS(C)(=O)=O)cc2Cl)cc1Cl. The summed E-state index contributed by atoms with van der Waals surface area (Å²) < 4.78 is 49.4. The minimum Gasteiger partial charge on any atom is -0.495 e. The van der Waals surface area contributed by atoms with Gasteiger partial charge in [-0.25, -0.2) is 17.5 Å². The largest absolute Gasteiger partial charge is 0.495 e. The topological polar surface area (TPSA) is 84.9 Å². The molecule has 1 aliphatic rings. The number of ether oxygens (including phenoxy) is 2. The third-order valence-corrected chi connectivity index (χ3v) is 5.97. The molecule has 1 N–H and O–H groups in total. The van der Waals surface area contributed by atoms with Gasteiger partial charge in [0.25, 0.3) is 5.91 Å². The van der Waals surface area contributed by atoms with E-state index < -0.39 is 27.3 Å². The lowest BCUT2D eigenvalue weighted by Gasteiger charge is -2.27. The number of rotatable bonds is 7. The van der Waals surface area contributed by atoms with Crippen molar-refractivity contribution in [2.75, 3.05) is 31.4 Å². The van der Waals surface area contributed by atoms with Crippen LogP contribution in [0.3, 0.4) is 0 Å². The molecule has 1 fully saturated rings. The Bertz CT molecular complexity index is 1100. The van der Waals surface area contributed by atoms with Crippen molar-refractivity contribution >= 4 is 44.8 Å². The van der Waals surface area contributed by atoms with E-state index in [9.17, 15) is 17.6 Å². The molecule has 0 saturated carbocycles. The number of amides is 1. The minimum absolute atomic E-state index is 0.00269. The lowest BCUT2D eigenvalue weighted by Crippen LogP contribution is -2.34. The van der Waals surface area contributed by atoms with Crippen molar-refractivity contribution in [1.82, 2.24) is 4.72 Å². The van der Waals surface area contributed by atoms with Crippen LogP contribution in [0.2, 0.25) is 10.0 Å². The second-order valence-corrected chi connectivity index (χ2v) is 9.65. The number of carbonyl (C=O) groups is 1. The maximum Gasteiger partial charge on any atom is 0.267 e. The smallest absolute Gasteiger partial charge is 0.267 e. The minimum atomic E-state index is -3.84. The molecule has 7 nitrogen and oxygen atoms in total. The summed E-state index contributed by atoms with van der Waals surface area (Å²) in [6.45, 7) is 1.04. The average molecular weight is 491 g/mol. The number of halogens is 3. The Labute approximate surface area is 190 Å². The number of sulfonamides is 1. The van der Waals surface area contributed by atoms with Crippen LogP contribution in [0.1, 0.15) is 23.2 Å². The molecule has 0 aromatic heterocycles. The highest BCUT2D eigenvalue weighted by atomic mass is 35.5. The number of hydrogen-bond donors (Lipinski definition) is 1. The molecular weight excluding hydrogens is 470 g/mol. The first kappa shape index (κ1) is 23.4. The fraction of sp³-hybridized carbons (Fsp3) is 0.350. The molecule has 31 heavy (non-hydrogen) atoms. The normalized spacial score (nSPS) is 16.3. The number of hydrogen-bond acceptors (Lipinski definition) is 6. The van der Waals surface area contributed by atoms with E-state index >= 15 is 0 Å². The lowest BCUT2D eigenvalue weighted by atomic mass is 10.2. The molecule has 1 atom stereocenters. The summed E-state index contributed by atoms with van der Waals surface area (Å²) in [7, 11) is -2.29. The van der Waals surface area contributed by atoms with Gasteiger partial charge in [0.2, 0.25) is 10.0 Å². The first-order chi connectivity index (χ1) is 14.6. The van der Waals surface area contributed by atoms with Crippen molar-refractivity contribution in [3.05, 3.63) is 51.8 Å². The third-order valence-electron chi connectivity index (χ3n) is 4.82. The van der Waals surface area contributed by atoms with Gasteiger partial charge in [0.1, 0.15) is 23.9 Å². The van der Waals surface area contributed by atoms with Gasteiger partial charge in [0.15, 0.2) is 0 Å². The zero-order valence-corrected chi connectivity index (χ0v) is 19.2. The highest BCUT2D eigenvalue weighted by Crippen LogP contribution is 2.34. The zero-order chi connectivity index (χ0) is 22.8. The van der Waals surface area contributed by atoms with Crippen LogP contribution in [0.5, 0.6) is 11.5 Å². The van der Waals surface area contributed by atoms with Crippen molar-refractivity contribution in [3.8, 4) is 11.5 Å². The molecule has 2 aromatic rings. The van der Waals surface area contributed by atoms with Crippen LogP contribution in [0.25, 0.3) is 0 Å². The quantitative estimate of drug-likeness (QED) is 0.633. The summed E-state index contributed by atoms with van der Waals surface area (Å²) in [4.78, 5) is 14.1. The molecule has 1 saturated heterocycles. The second-order valence-electron chi connectivity index (χ2n) is 7.09. The van der Waals surface area contributed by atoms with E-state index in [1.165, 1.54) is 0 Å². The molecule has 11 heteroatoms. The van der Waals surface area contributed by atoms with Crippen molar-refractivity contribution in [2.24, 2.45) is 0 Å². The van der Waals surface area contributed by atoms with Crippen LogP contribution in [0.4, 0.5) is 10.1 Å². The molecule has 1 heterocycles. The number of benzene rings is 2. The lowest BCUT2D eigenvalue weighted by molar-refractivity contribution is 0.0977. The standard InChI is InChI=1S/C20H21Cl2FN2O5S/c1-29-18-6-5-12(8-15(18)21)25-7-3-4-13(25)11-30-19-10-17(23)14(9-16(19)22)20(26)24-31(2,27)28/h5-6,8-10,13H,3-4,7,11H2,1-2H3,(H,24,26)/t13-/m1/s1. The van der Waals surface area contributed by atoms with E-state index in [4.69, 9.17) is 32.7 Å². The molecule has 0 bridgehead atoms. The molecule has 168 valence electrons. The van der Waals surface area contributed by atoms with Gasteiger partial charge in [0.05, 0.1) is 35.0 Å². The van der Waals surface area contributed by atoms with Gasteiger partial charge >= 0.3 is 0 Å². The summed E-state index contributed by atoms with van der Waals surface area (Å²) >= 11 is 12.4. The van der Waals surface area contributed by atoms with Gasteiger partial charge < -0.3 is 14.4 Å². The maximum atomic E-state index is 14.4. The summed E-state index contributed by atoms with van der Waals surface area (Å²) in [5, 5.41) is 0.497. The first-order valence-corrected chi connectivity index (χ1v) is 12.0. The molecule has 0 unspecified atom stereocenters. The van der Waals surface area contributed by atoms with E-state index in [1.54, 1.807) is 17.9 Å². The molecular formula is C20H21Cl2FN2O5S. The Kier molecular flexibility index (Phi) is 7.18. The van der Waals surface area contributed by atoms with Crippen LogP contribution in [-0.4, -0.2) is 46.9 Å². The molecule has 2 aromatic carbocycles. The van der Waals surface area contributed by atoms with Crippen LogP contribution in [0, 0.1) is 5.82 Å². The number of anilines is 1. The van der Waals surface area contributed by atoms with Crippen molar-refractivity contribution < 1.29 is 27.1 Å². The summed E-state index contributed by atoms with van der Waals surface area (Å²) in [5.74, 6) is -1.40. The van der Waals surface area contributed by atoms with Crippen LogP contribution < -0.4 is 19.1 Å². The number of nitrogens with zero attached hydrogens (tertiary/aromatic N) is 1. The fourth-order valence-electron chi connectivity index (χ4n) is 3.41. The van der Waals surface area contributed by atoms with Gasteiger partial charge in [0, 0.05) is 18.3 Å². The number of nitrogens with one attached hydrogen (secondary N) is 1. The van der Waals surface area contributed by atoms with Crippen LogP contribution in [0.15, 0.2) is 30.3 Å². The van der Waals surface area contributed by atoms with E-state index in [2.05, 4.69) is 4.90 Å². The van der Waals surface area contributed by atoms with Crippen molar-refractivity contribution in [1.29, 1.82) is 0 Å².